The maximum atomic E-state index is 8.89. The van der Waals surface area contributed by atoms with Gasteiger partial charge in [-0.05, 0) is 31.7 Å². The molecule has 0 bridgehead atoms. The molecule has 1 aromatic carbocycles. The largest absolute Gasteiger partial charge is 0.469 e. The van der Waals surface area contributed by atoms with E-state index in [2.05, 4.69) is 21.2 Å². The SMILES string of the molecule is CCOc1nnc(CN(C)Cc2cccc(C#N)c2)s1. The van der Waals surface area contributed by atoms with Crippen LogP contribution in [0.4, 0.5) is 0 Å². The average Bonchev–Trinajstić information content (AvgIpc) is 2.86. The fourth-order valence-corrected chi connectivity index (χ4v) is 2.65. The summed E-state index contributed by atoms with van der Waals surface area (Å²) in [4.78, 5) is 2.13. The Labute approximate surface area is 122 Å². The molecule has 0 saturated carbocycles. The van der Waals surface area contributed by atoms with Gasteiger partial charge in [0.15, 0.2) is 0 Å². The van der Waals surface area contributed by atoms with Gasteiger partial charge in [-0.2, -0.15) is 5.26 Å². The second-order valence-corrected chi connectivity index (χ2v) is 5.40. The van der Waals surface area contributed by atoms with Gasteiger partial charge in [-0.15, -0.1) is 10.2 Å². The highest BCUT2D eigenvalue weighted by atomic mass is 32.1. The van der Waals surface area contributed by atoms with Gasteiger partial charge in [0.05, 0.1) is 24.8 Å². The van der Waals surface area contributed by atoms with Crippen LogP contribution in [-0.4, -0.2) is 28.8 Å². The molecule has 0 N–H and O–H groups in total. The third kappa shape index (κ3) is 4.02. The van der Waals surface area contributed by atoms with Crippen LogP contribution in [0.15, 0.2) is 24.3 Å². The van der Waals surface area contributed by atoms with Crippen molar-refractivity contribution in [1.29, 1.82) is 5.26 Å². The van der Waals surface area contributed by atoms with Gasteiger partial charge >= 0.3 is 0 Å². The molecule has 1 heterocycles. The number of hydrogen-bond acceptors (Lipinski definition) is 6. The number of benzene rings is 1. The summed E-state index contributed by atoms with van der Waals surface area (Å²) in [5.74, 6) is 0. The highest BCUT2D eigenvalue weighted by Crippen LogP contribution is 2.19. The van der Waals surface area contributed by atoms with Crippen molar-refractivity contribution < 1.29 is 4.74 Å². The molecule has 0 unspecified atom stereocenters. The summed E-state index contributed by atoms with van der Waals surface area (Å²) < 4.78 is 5.31. The molecule has 0 fully saturated rings. The van der Waals surface area contributed by atoms with E-state index in [-0.39, 0.29) is 0 Å². The normalized spacial score (nSPS) is 10.5. The second kappa shape index (κ2) is 6.98. The number of nitriles is 1. The number of nitrogens with zero attached hydrogens (tertiary/aromatic N) is 4. The number of rotatable bonds is 6. The molecular formula is C14H16N4OS. The minimum absolute atomic E-state index is 0.603. The van der Waals surface area contributed by atoms with Crippen LogP contribution in [-0.2, 0) is 13.1 Å². The lowest BCUT2D eigenvalue weighted by molar-refractivity contribution is 0.317. The van der Waals surface area contributed by atoms with E-state index < -0.39 is 0 Å². The van der Waals surface area contributed by atoms with Crippen LogP contribution in [0.3, 0.4) is 0 Å². The van der Waals surface area contributed by atoms with E-state index in [9.17, 15) is 0 Å². The van der Waals surface area contributed by atoms with Gasteiger partial charge in [0.1, 0.15) is 5.01 Å². The monoisotopic (exact) mass is 288 g/mol. The first kappa shape index (κ1) is 14.4. The van der Waals surface area contributed by atoms with Crippen LogP contribution in [0.5, 0.6) is 5.19 Å². The quantitative estimate of drug-likeness (QED) is 0.817. The summed E-state index contributed by atoms with van der Waals surface area (Å²) in [6.45, 7) is 4.00. The minimum atomic E-state index is 0.603. The van der Waals surface area contributed by atoms with Gasteiger partial charge in [-0.1, -0.05) is 23.5 Å². The molecule has 5 nitrogen and oxygen atoms in total. The van der Waals surface area contributed by atoms with E-state index in [4.69, 9.17) is 10.00 Å². The summed E-state index contributed by atoms with van der Waals surface area (Å²) in [7, 11) is 2.01. The highest BCUT2D eigenvalue weighted by Gasteiger charge is 2.08. The summed E-state index contributed by atoms with van der Waals surface area (Å²) in [5, 5.41) is 18.5. The van der Waals surface area contributed by atoms with Crippen LogP contribution in [0.1, 0.15) is 23.1 Å². The fraction of sp³-hybridized carbons (Fsp3) is 0.357. The van der Waals surface area contributed by atoms with Crippen molar-refractivity contribution in [2.24, 2.45) is 0 Å². The molecule has 2 aromatic rings. The lowest BCUT2D eigenvalue weighted by atomic mass is 10.1. The van der Waals surface area contributed by atoms with Gasteiger partial charge < -0.3 is 4.74 Å². The Bertz CT molecular complexity index is 605. The van der Waals surface area contributed by atoms with Crippen LogP contribution >= 0.6 is 11.3 Å². The van der Waals surface area contributed by atoms with Crippen molar-refractivity contribution in [2.75, 3.05) is 13.7 Å². The van der Waals surface area contributed by atoms with Gasteiger partial charge in [0.25, 0.3) is 5.19 Å². The van der Waals surface area contributed by atoms with Crippen LogP contribution < -0.4 is 4.74 Å². The summed E-state index contributed by atoms with van der Waals surface area (Å²) >= 11 is 1.47. The molecule has 0 aliphatic carbocycles. The molecule has 0 radical (unpaired) electrons. The Morgan fingerprint density at radius 1 is 1.35 bits per heavy atom. The Morgan fingerprint density at radius 3 is 2.95 bits per heavy atom. The standard InChI is InChI=1S/C14H16N4OS/c1-3-19-14-17-16-13(20-14)10-18(2)9-12-6-4-5-11(7-12)8-15/h4-7H,3,9-10H2,1-2H3. The van der Waals surface area contributed by atoms with E-state index in [1.165, 1.54) is 11.3 Å². The molecule has 0 aliphatic rings. The molecule has 1 aromatic heterocycles. The molecule has 104 valence electrons. The molecule has 20 heavy (non-hydrogen) atoms. The molecule has 0 amide bonds. The smallest absolute Gasteiger partial charge is 0.294 e. The van der Waals surface area contributed by atoms with Crippen LogP contribution in [0, 0.1) is 11.3 Å². The first-order valence-electron chi connectivity index (χ1n) is 6.34. The summed E-state index contributed by atoms with van der Waals surface area (Å²) in [6.07, 6.45) is 0. The van der Waals surface area contributed by atoms with Crippen molar-refractivity contribution in [3.8, 4) is 11.3 Å². The highest BCUT2D eigenvalue weighted by molar-refractivity contribution is 7.13. The zero-order valence-electron chi connectivity index (χ0n) is 11.5. The summed E-state index contributed by atoms with van der Waals surface area (Å²) in [5.41, 5.74) is 1.80. The van der Waals surface area contributed by atoms with Gasteiger partial charge in [0, 0.05) is 6.54 Å². The fourth-order valence-electron chi connectivity index (χ4n) is 1.82. The van der Waals surface area contributed by atoms with Crippen molar-refractivity contribution >= 4 is 11.3 Å². The third-order valence-corrected chi connectivity index (χ3v) is 3.45. The van der Waals surface area contributed by atoms with Crippen LogP contribution in [0.25, 0.3) is 0 Å². The van der Waals surface area contributed by atoms with E-state index in [0.717, 1.165) is 17.1 Å². The zero-order valence-corrected chi connectivity index (χ0v) is 12.4. The molecule has 2 rings (SSSR count). The van der Waals surface area contributed by atoms with E-state index in [1.54, 1.807) is 0 Å². The third-order valence-electron chi connectivity index (χ3n) is 2.63. The molecule has 0 aliphatic heterocycles. The van der Waals surface area contributed by atoms with Gasteiger partial charge in [-0.3, -0.25) is 4.90 Å². The van der Waals surface area contributed by atoms with Crippen LogP contribution in [0.2, 0.25) is 0 Å². The average molecular weight is 288 g/mol. The Kier molecular flexibility index (Phi) is 5.04. The second-order valence-electron chi connectivity index (χ2n) is 4.38. The lowest BCUT2D eigenvalue weighted by Crippen LogP contribution is -2.17. The maximum absolute atomic E-state index is 8.89. The van der Waals surface area contributed by atoms with Crippen molar-refractivity contribution in [2.45, 2.75) is 20.0 Å². The van der Waals surface area contributed by atoms with Gasteiger partial charge in [-0.25, -0.2) is 0 Å². The van der Waals surface area contributed by atoms with E-state index in [1.807, 2.05) is 38.2 Å². The molecule has 0 saturated heterocycles. The summed E-state index contributed by atoms with van der Waals surface area (Å²) in [6, 6.07) is 9.79. The molecule has 0 atom stereocenters. The number of ether oxygens (including phenoxy) is 1. The predicted molar refractivity (Wildman–Crippen MR) is 77.4 cm³/mol. The Morgan fingerprint density at radius 2 is 2.20 bits per heavy atom. The zero-order chi connectivity index (χ0) is 14.4. The van der Waals surface area contributed by atoms with Crippen molar-refractivity contribution in [1.82, 2.24) is 15.1 Å². The topological polar surface area (TPSA) is 62.0 Å². The van der Waals surface area contributed by atoms with E-state index >= 15 is 0 Å². The van der Waals surface area contributed by atoms with Gasteiger partial charge in [0.2, 0.25) is 0 Å². The molecule has 0 spiro atoms. The first-order valence-corrected chi connectivity index (χ1v) is 7.15. The Balaban J connectivity index is 1.94. The lowest BCUT2D eigenvalue weighted by Gasteiger charge is -2.14. The first-order chi connectivity index (χ1) is 9.71. The van der Waals surface area contributed by atoms with Crippen molar-refractivity contribution in [3.05, 3.63) is 40.4 Å². The Hall–Kier alpha value is -1.97. The maximum Gasteiger partial charge on any atom is 0.294 e. The number of aromatic nitrogens is 2. The minimum Gasteiger partial charge on any atom is -0.469 e. The molecular weight excluding hydrogens is 272 g/mol. The van der Waals surface area contributed by atoms with Crippen molar-refractivity contribution in [3.63, 3.8) is 0 Å². The predicted octanol–water partition coefficient (Wildman–Crippen LogP) is 2.44. The van der Waals surface area contributed by atoms with E-state index in [0.29, 0.717) is 23.9 Å². The number of hydrogen-bond donors (Lipinski definition) is 0. The molecule has 6 heteroatoms.